The molecule has 0 spiro atoms. The highest BCUT2D eigenvalue weighted by atomic mass is 32.2. The van der Waals surface area contributed by atoms with Crippen LogP contribution in [0.5, 0.6) is 0 Å². The highest BCUT2D eigenvalue weighted by Crippen LogP contribution is 2.18. The lowest BCUT2D eigenvalue weighted by Gasteiger charge is -2.34. The number of sulfonamides is 1. The van der Waals surface area contributed by atoms with Gasteiger partial charge in [-0.1, -0.05) is 55.5 Å². The summed E-state index contributed by atoms with van der Waals surface area (Å²) in [6, 6.07) is 18.6. The zero-order valence-electron chi connectivity index (χ0n) is 17.8. The molecule has 1 saturated heterocycles. The molecule has 0 bridgehead atoms. The van der Waals surface area contributed by atoms with Gasteiger partial charge in [-0.05, 0) is 31.0 Å². The van der Waals surface area contributed by atoms with Gasteiger partial charge in [0.1, 0.15) is 0 Å². The van der Waals surface area contributed by atoms with Crippen LogP contribution in [0.2, 0.25) is 0 Å². The third kappa shape index (κ3) is 5.28. The number of rotatable bonds is 8. The summed E-state index contributed by atoms with van der Waals surface area (Å²) in [4.78, 5) is 14.2. The number of piperazine rings is 1. The van der Waals surface area contributed by atoms with Crippen LogP contribution in [-0.2, 0) is 14.8 Å². The van der Waals surface area contributed by atoms with E-state index in [1.165, 1.54) is 9.87 Å². The van der Waals surface area contributed by atoms with Gasteiger partial charge in [-0.3, -0.25) is 4.79 Å². The Morgan fingerprint density at radius 2 is 1.60 bits per heavy atom. The summed E-state index contributed by atoms with van der Waals surface area (Å²) in [5.41, 5.74) is 1.24. The molecule has 0 saturated carbocycles. The van der Waals surface area contributed by atoms with E-state index in [2.05, 4.69) is 24.4 Å². The topological polar surface area (TPSA) is 70.9 Å². The van der Waals surface area contributed by atoms with Gasteiger partial charge in [-0.25, -0.2) is 8.42 Å². The number of hydrogen-bond donors (Lipinski definition) is 2. The van der Waals surface area contributed by atoms with E-state index in [0.29, 0.717) is 43.5 Å². The lowest BCUT2D eigenvalue weighted by molar-refractivity contribution is -0.917. The molecule has 0 aromatic heterocycles. The van der Waals surface area contributed by atoms with Crippen LogP contribution in [0.15, 0.2) is 65.6 Å². The molecule has 2 aromatic rings. The largest absolute Gasteiger partial charge is 0.350 e. The number of quaternary nitrogens is 1. The van der Waals surface area contributed by atoms with Gasteiger partial charge in [0, 0.05) is 12.5 Å². The zero-order valence-corrected chi connectivity index (χ0v) is 18.6. The van der Waals surface area contributed by atoms with Crippen LogP contribution in [-0.4, -0.2) is 57.4 Å². The molecule has 6 nitrogen and oxygen atoms in total. The Kier molecular flexibility index (Phi) is 7.64. The minimum Gasteiger partial charge on any atom is -0.350 e. The molecule has 1 heterocycles. The number of nitrogens with zero attached hydrogens (tertiary/aromatic N) is 1. The maximum Gasteiger partial charge on any atom is 0.278 e. The Hall–Kier alpha value is -2.22. The second-order valence-corrected chi connectivity index (χ2v) is 9.80. The van der Waals surface area contributed by atoms with Crippen molar-refractivity contribution in [2.45, 2.75) is 37.1 Å². The minimum absolute atomic E-state index is 0.0266. The van der Waals surface area contributed by atoms with Crippen molar-refractivity contribution in [1.29, 1.82) is 0 Å². The van der Waals surface area contributed by atoms with Crippen LogP contribution in [0.1, 0.15) is 31.7 Å². The molecule has 0 unspecified atom stereocenters. The highest BCUT2D eigenvalue weighted by Gasteiger charge is 2.34. The van der Waals surface area contributed by atoms with Gasteiger partial charge in [0.05, 0.1) is 31.1 Å². The van der Waals surface area contributed by atoms with E-state index in [0.717, 1.165) is 11.3 Å². The smallest absolute Gasteiger partial charge is 0.278 e. The van der Waals surface area contributed by atoms with Crippen molar-refractivity contribution >= 4 is 15.9 Å². The fourth-order valence-electron chi connectivity index (χ4n) is 3.97. The first-order chi connectivity index (χ1) is 14.4. The average molecular weight is 431 g/mol. The van der Waals surface area contributed by atoms with Crippen molar-refractivity contribution in [3.63, 3.8) is 0 Å². The quantitative estimate of drug-likeness (QED) is 0.663. The van der Waals surface area contributed by atoms with E-state index in [1.807, 2.05) is 31.2 Å². The molecule has 7 heteroatoms. The van der Waals surface area contributed by atoms with Gasteiger partial charge in [0.25, 0.3) is 5.91 Å². The van der Waals surface area contributed by atoms with Crippen LogP contribution in [0.3, 0.4) is 0 Å². The predicted octanol–water partition coefficient (Wildman–Crippen LogP) is 1.27. The predicted molar refractivity (Wildman–Crippen MR) is 118 cm³/mol. The van der Waals surface area contributed by atoms with Gasteiger partial charge in [-0.2, -0.15) is 4.31 Å². The highest BCUT2D eigenvalue weighted by molar-refractivity contribution is 7.89. The van der Waals surface area contributed by atoms with E-state index in [4.69, 9.17) is 0 Å². The SMILES string of the molecule is CC[C@H](CNC(=O)[C@H](C)[NH+]1CCN(S(=O)(=O)c2ccccc2)CC1)c1ccccc1. The van der Waals surface area contributed by atoms with E-state index in [-0.39, 0.29) is 11.9 Å². The Labute approximate surface area is 179 Å². The normalized spacial score (nSPS) is 17.9. The maximum absolute atomic E-state index is 12.8. The number of nitrogens with one attached hydrogen (secondary N) is 2. The average Bonchev–Trinajstić information content (AvgIpc) is 2.80. The molecule has 1 aliphatic rings. The van der Waals surface area contributed by atoms with Gasteiger partial charge < -0.3 is 10.2 Å². The molecule has 3 rings (SSSR count). The first kappa shape index (κ1) is 22.5. The lowest BCUT2D eigenvalue weighted by atomic mass is 9.96. The monoisotopic (exact) mass is 430 g/mol. The number of benzene rings is 2. The molecule has 162 valence electrons. The Bertz CT molecular complexity index is 911. The summed E-state index contributed by atoms with van der Waals surface area (Å²) in [6.45, 7) is 6.76. The summed E-state index contributed by atoms with van der Waals surface area (Å²) >= 11 is 0. The molecule has 1 aliphatic heterocycles. The van der Waals surface area contributed by atoms with Crippen molar-refractivity contribution in [1.82, 2.24) is 9.62 Å². The number of carbonyl (C=O) groups is 1. The third-order valence-electron chi connectivity index (χ3n) is 6.04. The van der Waals surface area contributed by atoms with Gasteiger partial charge >= 0.3 is 0 Å². The fourth-order valence-corrected chi connectivity index (χ4v) is 5.44. The number of hydrogen-bond acceptors (Lipinski definition) is 3. The second kappa shape index (κ2) is 10.2. The molecule has 2 atom stereocenters. The van der Waals surface area contributed by atoms with E-state index < -0.39 is 10.0 Å². The second-order valence-electron chi connectivity index (χ2n) is 7.86. The van der Waals surface area contributed by atoms with Crippen molar-refractivity contribution < 1.29 is 18.1 Å². The standard InChI is InChI=1S/C23H31N3O3S/c1-3-20(21-10-6-4-7-11-21)18-24-23(27)19(2)25-14-16-26(17-15-25)30(28,29)22-12-8-5-9-13-22/h4-13,19-20H,3,14-18H2,1-2H3,(H,24,27)/p+1/t19-,20+/m0/s1. The zero-order chi connectivity index (χ0) is 21.6. The molecule has 0 radical (unpaired) electrons. The Balaban J connectivity index is 1.52. The molecule has 2 N–H and O–H groups in total. The van der Waals surface area contributed by atoms with Crippen molar-refractivity contribution in [3.05, 3.63) is 66.2 Å². The van der Waals surface area contributed by atoms with E-state index in [9.17, 15) is 13.2 Å². The third-order valence-corrected chi connectivity index (χ3v) is 7.95. The summed E-state index contributed by atoms with van der Waals surface area (Å²) in [5, 5.41) is 3.10. The molecule has 30 heavy (non-hydrogen) atoms. The molecule has 1 amide bonds. The van der Waals surface area contributed by atoms with Crippen molar-refractivity contribution in [3.8, 4) is 0 Å². The van der Waals surface area contributed by atoms with Crippen LogP contribution >= 0.6 is 0 Å². The van der Waals surface area contributed by atoms with Crippen LogP contribution in [0, 0.1) is 0 Å². The van der Waals surface area contributed by atoms with Crippen LogP contribution < -0.4 is 10.2 Å². The summed E-state index contributed by atoms with van der Waals surface area (Å²) < 4.78 is 27.1. The lowest BCUT2D eigenvalue weighted by Crippen LogP contribution is -3.19. The summed E-state index contributed by atoms with van der Waals surface area (Å²) in [5.74, 6) is 0.323. The summed E-state index contributed by atoms with van der Waals surface area (Å²) in [6.07, 6.45) is 0.960. The molecule has 0 aliphatic carbocycles. The Morgan fingerprint density at radius 1 is 1.03 bits per heavy atom. The van der Waals surface area contributed by atoms with Gasteiger partial charge in [0.15, 0.2) is 6.04 Å². The molecule has 1 fully saturated rings. The van der Waals surface area contributed by atoms with Gasteiger partial charge in [-0.15, -0.1) is 0 Å². The maximum atomic E-state index is 12.8. The first-order valence-electron chi connectivity index (χ1n) is 10.7. The van der Waals surface area contributed by atoms with Crippen LogP contribution in [0.4, 0.5) is 0 Å². The van der Waals surface area contributed by atoms with Crippen LogP contribution in [0.25, 0.3) is 0 Å². The first-order valence-corrected chi connectivity index (χ1v) is 12.1. The minimum atomic E-state index is -3.47. The van der Waals surface area contributed by atoms with E-state index >= 15 is 0 Å². The number of amides is 1. The molecule has 2 aromatic carbocycles. The number of carbonyl (C=O) groups excluding carboxylic acids is 1. The summed E-state index contributed by atoms with van der Waals surface area (Å²) in [7, 11) is -3.47. The van der Waals surface area contributed by atoms with Crippen molar-refractivity contribution in [2.24, 2.45) is 0 Å². The van der Waals surface area contributed by atoms with E-state index in [1.54, 1.807) is 24.3 Å². The molecular weight excluding hydrogens is 398 g/mol. The van der Waals surface area contributed by atoms with Crippen molar-refractivity contribution in [2.75, 3.05) is 32.7 Å². The molecular formula is C23H32N3O3S+. The fraction of sp³-hybridized carbons (Fsp3) is 0.435. The Morgan fingerprint density at radius 3 is 2.17 bits per heavy atom. The van der Waals surface area contributed by atoms with Gasteiger partial charge in [0.2, 0.25) is 10.0 Å².